The number of carbonyl (C=O) groups is 2. The molecule has 5 heteroatoms. The number of nitrogens with zero attached hydrogens (tertiary/aromatic N) is 1. The van der Waals surface area contributed by atoms with Crippen molar-refractivity contribution in [3.63, 3.8) is 0 Å². The molecule has 2 N–H and O–H groups in total. The first-order valence-corrected chi connectivity index (χ1v) is 10.9. The van der Waals surface area contributed by atoms with Gasteiger partial charge in [0.2, 0.25) is 0 Å². The Morgan fingerprint density at radius 2 is 1.70 bits per heavy atom. The first kappa shape index (κ1) is 22.0. The average Bonchev–Trinajstić information content (AvgIpc) is 2.72. The number of hydrogen-bond acceptors (Lipinski definition) is 2. The number of hydrogen-bond donors (Lipinski definition) is 2. The largest absolute Gasteiger partial charge is 0.338 e. The maximum absolute atomic E-state index is 12.7. The Kier molecular flexibility index (Phi) is 7.63. The van der Waals surface area contributed by atoms with Gasteiger partial charge >= 0.3 is 0 Å². The van der Waals surface area contributed by atoms with E-state index in [0.29, 0.717) is 12.5 Å². The molecular formula is C25H34N3O2+. The summed E-state index contributed by atoms with van der Waals surface area (Å²) in [7, 11) is 1.91. The third-order valence-electron chi connectivity index (χ3n) is 6.13. The number of rotatable bonds is 7. The minimum absolute atomic E-state index is 0.0597. The fraction of sp³-hybridized carbons (Fsp3) is 0.440. The Morgan fingerprint density at radius 3 is 2.40 bits per heavy atom. The van der Waals surface area contributed by atoms with Crippen LogP contribution < -0.4 is 10.2 Å². The Morgan fingerprint density at radius 1 is 1.00 bits per heavy atom. The molecule has 1 heterocycles. The van der Waals surface area contributed by atoms with E-state index in [2.05, 4.69) is 29.6 Å². The highest BCUT2D eigenvalue weighted by atomic mass is 16.2. The Bertz CT molecular complexity index is 858. The summed E-state index contributed by atoms with van der Waals surface area (Å²) in [6.45, 7) is 6.31. The molecule has 0 aromatic heterocycles. The van der Waals surface area contributed by atoms with Crippen LogP contribution in [0.1, 0.15) is 29.5 Å². The first-order valence-electron chi connectivity index (χ1n) is 10.9. The van der Waals surface area contributed by atoms with Gasteiger partial charge in [-0.15, -0.1) is 0 Å². The van der Waals surface area contributed by atoms with Gasteiger partial charge in [-0.3, -0.25) is 9.59 Å². The van der Waals surface area contributed by atoms with Gasteiger partial charge in [0.05, 0.1) is 7.05 Å². The van der Waals surface area contributed by atoms with Crippen LogP contribution >= 0.6 is 0 Å². The molecule has 2 aromatic rings. The fourth-order valence-electron chi connectivity index (χ4n) is 4.12. The van der Waals surface area contributed by atoms with E-state index in [4.69, 9.17) is 0 Å². The molecule has 1 saturated heterocycles. The molecule has 5 nitrogen and oxygen atoms in total. The number of nitrogens with one attached hydrogen (secondary N) is 2. The second-order valence-electron chi connectivity index (χ2n) is 8.62. The lowest BCUT2D eigenvalue weighted by atomic mass is 9.90. The van der Waals surface area contributed by atoms with Crippen LogP contribution in [0.3, 0.4) is 0 Å². The van der Waals surface area contributed by atoms with Crippen molar-refractivity contribution < 1.29 is 14.5 Å². The summed E-state index contributed by atoms with van der Waals surface area (Å²) in [5, 5.41) is 2.98. The average molecular weight is 409 g/mol. The Balaban J connectivity index is 1.41. The van der Waals surface area contributed by atoms with Crippen LogP contribution in [0.25, 0.3) is 0 Å². The predicted molar refractivity (Wildman–Crippen MR) is 121 cm³/mol. The smallest absolute Gasteiger partial charge is 0.279 e. The molecule has 0 radical (unpaired) electrons. The quantitative estimate of drug-likeness (QED) is 0.738. The third-order valence-corrected chi connectivity index (χ3v) is 6.13. The summed E-state index contributed by atoms with van der Waals surface area (Å²) in [5.74, 6) is 0.727. The summed E-state index contributed by atoms with van der Waals surface area (Å²) in [5.41, 5.74) is 4.46. The third kappa shape index (κ3) is 6.17. The topological polar surface area (TPSA) is 53.9 Å². The predicted octanol–water partition coefficient (Wildman–Crippen LogP) is 2.24. The molecule has 1 aliphatic rings. The van der Waals surface area contributed by atoms with Crippen LogP contribution in [0.4, 0.5) is 5.69 Å². The second-order valence-corrected chi connectivity index (χ2v) is 8.62. The molecule has 0 saturated carbocycles. The minimum Gasteiger partial charge on any atom is -0.338 e. The SMILES string of the molecule is Cc1cccc(NC(=O)C[NH+](C)CC(=O)N2CCC(Cc3ccccc3)CC2)c1C. The molecule has 3 rings (SSSR count). The summed E-state index contributed by atoms with van der Waals surface area (Å²) in [6.07, 6.45) is 3.19. The van der Waals surface area contributed by atoms with Crippen LogP contribution in [-0.4, -0.2) is 49.9 Å². The number of benzene rings is 2. The molecule has 2 amide bonds. The number of amides is 2. The number of quaternary nitrogens is 1. The first-order chi connectivity index (χ1) is 14.4. The zero-order valence-corrected chi connectivity index (χ0v) is 18.4. The normalized spacial score (nSPS) is 15.6. The zero-order valence-electron chi connectivity index (χ0n) is 18.4. The van der Waals surface area contributed by atoms with Crippen molar-refractivity contribution in [3.05, 3.63) is 65.2 Å². The molecule has 0 spiro atoms. The number of anilines is 1. The van der Waals surface area contributed by atoms with E-state index in [1.807, 2.05) is 50.1 Å². The number of carbonyl (C=O) groups excluding carboxylic acids is 2. The van der Waals surface area contributed by atoms with Gasteiger partial charge in [-0.25, -0.2) is 0 Å². The van der Waals surface area contributed by atoms with Crippen molar-refractivity contribution in [1.29, 1.82) is 0 Å². The van der Waals surface area contributed by atoms with Crippen molar-refractivity contribution in [2.45, 2.75) is 33.1 Å². The van der Waals surface area contributed by atoms with Crippen molar-refractivity contribution in [2.24, 2.45) is 5.92 Å². The van der Waals surface area contributed by atoms with Gasteiger partial charge in [0.1, 0.15) is 0 Å². The van der Waals surface area contributed by atoms with Gasteiger partial charge in [-0.05, 0) is 61.8 Å². The van der Waals surface area contributed by atoms with Crippen molar-refractivity contribution in [1.82, 2.24) is 4.90 Å². The lowest BCUT2D eigenvalue weighted by Gasteiger charge is -2.32. The fourth-order valence-corrected chi connectivity index (χ4v) is 4.12. The highest BCUT2D eigenvalue weighted by Gasteiger charge is 2.25. The van der Waals surface area contributed by atoms with Gasteiger partial charge in [-0.2, -0.15) is 0 Å². The summed E-state index contributed by atoms with van der Waals surface area (Å²) in [4.78, 5) is 28.0. The maximum Gasteiger partial charge on any atom is 0.279 e. The van der Waals surface area contributed by atoms with E-state index in [1.165, 1.54) is 5.56 Å². The van der Waals surface area contributed by atoms with Crippen LogP contribution in [0, 0.1) is 19.8 Å². The van der Waals surface area contributed by atoms with Crippen molar-refractivity contribution in [2.75, 3.05) is 38.5 Å². The monoisotopic (exact) mass is 408 g/mol. The molecule has 0 bridgehead atoms. The molecule has 0 aliphatic carbocycles. The summed E-state index contributed by atoms with van der Waals surface area (Å²) in [6, 6.07) is 16.5. The molecule has 30 heavy (non-hydrogen) atoms. The Labute approximate surface area is 180 Å². The molecule has 1 fully saturated rings. The van der Waals surface area contributed by atoms with Crippen molar-refractivity contribution in [3.8, 4) is 0 Å². The van der Waals surface area contributed by atoms with Gasteiger partial charge in [0.15, 0.2) is 13.1 Å². The van der Waals surface area contributed by atoms with Crippen LogP contribution in [0.15, 0.2) is 48.5 Å². The number of likely N-dealkylation sites (tertiary alicyclic amines) is 1. The molecule has 1 atom stereocenters. The van der Waals surface area contributed by atoms with Gasteiger partial charge in [0, 0.05) is 18.8 Å². The highest BCUT2D eigenvalue weighted by Crippen LogP contribution is 2.21. The lowest BCUT2D eigenvalue weighted by molar-refractivity contribution is -0.862. The molecule has 160 valence electrons. The van der Waals surface area contributed by atoms with Gasteiger partial charge in [0.25, 0.3) is 11.8 Å². The number of likely N-dealkylation sites (N-methyl/N-ethyl adjacent to an activating group) is 1. The van der Waals surface area contributed by atoms with E-state index in [9.17, 15) is 9.59 Å². The van der Waals surface area contributed by atoms with Crippen molar-refractivity contribution >= 4 is 17.5 Å². The zero-order chi connectivity index (χ0) is 21.5. The van der Waals surface area contributed by atoms with Gasteiger partial charge < -0.3 is 15.1 Å². The van der Waals surface area contributed by atoms with Gasteiger partial charge in [-0.1, -0.05) is 42.5 Å². The van der Waals surface area contributed by atoms with E-state index < -0.39 is 0 Å². The summed E-state index contributed by atoms with van der Waals surface area (Å²) >= 11 is 0. The van der Waals surface area contributed by atoms with E-state index >= 15 is 0 Å². The summed E-state index contributed by atoms with van der Waals surface area (Å²) < 4.78 is 0. The van der Waals surface area contributed by atoms with Crippen LogP contribution in [-0.2, 0) is 16.0 Å². The molecule has 1 aliphatic heterocycles. The molecule has 1 unspecified atom stereocenters. The van der Waals surface area contributed by atoms with E-state index in [1.54, 1.807) is 0 Å². The standard InChI is InChI=1S/C25H33N3O2/c1-19-8-7-11-23(20(19)2)26-24(29)17-27(3)18-25(30)28-14-12-22(13-15-28)16-21-9-5-4-6-10-21/h4-11,22H,12-18H2,1-3H3,(H,26,29)/p+1. The molecular weight excluding hydrogens is 374 g/mol. The van der Waals surface area contributed by atoms with Crippen LogP contribution in [0.5, 0.6) is 0 Å². The Hall–Kier alpha value is -2.66. The number of aryl methyl sites for hydroxylation is 1. The lowest BCUT2D eigenvalue weighted by Crippen LogP contribution is -3.11. The highest BCUT2D eigenvalue weighted by molar-refractivity contribution is 5.92. The maximum atomic E-state index is 12.7. The number of piperidine rings is 1. The minimum atomic E-state index is -0.0597. The van der Waals surface area contributed by atoms with E-state index in [-0.39, 0.29) is 18.4 Å². The second kappa shape index (κ2) is 10.4. The van der Waals surface area contributed by atoms with E-state index in [0.717, 1.165) is 54.1 Å². The van der Waals surface area contributed by atoms with Crippen LogP contribution in [0.2, 0.25) is 0 Å². The molecule has 2 aromatic carbocycles.